The average Bonchev–Trinajstić information content (AvgIpc) is 3.77. The first-order valence-corrected chi connectivity index (χ1v) is 22.0. The molecule has 4 N–H and O–H groups in total. The van der Waals surface area contributed by atoms with Crippen LogP contribution in [0.2, 0.25) is 0 Å². The topological polar surface area (TPSA) is 154 Å². The number of hydrogen-bond donors (Lipinski definition) is 3. The Bertz CT molecular complexity index is 1920. The van der Waals surface area contributed by atoms with Crippen LogP contribution in [0.1, 0.15) is 176 Å². The summed E-state index contributed by atoms with van der Waals surface area (Å²) in [4.78, 5) is 44.9. The monoisotopic (exact) mass is 819 g/mol. The number of carbonyl (C=O) groups excluding carboxylic acids is 2. The fourth-order valence-corrected chi connectivity index (χ4v) is 5.60. The SMILES string of the molecule is CC.CC.CC.CC.CC.CC.CCCc1nn(C)c(C(N)=O)c1NC(=O)C(C)(C)c1ccccc1.CCCc1nn(C)c2c(=O)[nH]c(C(C)(C)c3ccccc3)nc12. The number of fused-ring (bicyclic) bond motifs is 1. The molecule has 11 nitrogen and oxygen atoms in total. The molecule has 0 aliphatic heterocycles. The molecule has 0 atom stereocenters. The third-order valence-corrected chi connectivity index (χ3v) is 8.48. The molecular weight excluding hydrogens is 737 g/mol. The number of H-pyrrole nitrogens is 1. The predicted molar refractivity (Wildman–Crippen MR) is 254 cm³/mol. The molecule has 0 saturated carbocycles. The van der Waals surface area contributed by atoms with Gasteiger partial charge in [-0.3, -0.25) is 23.7 Å². The van der Waals surface area contributed by atoms with Crippen LogP contribution in [0.5, 0.6) is 0 Å². The van der Waals surface area contributed by atoms with Gasteiger partial charge in [0, 0.05) is 19.5 Å². The van der Waals surface area contributed by atoms with Crippen LogP contribution in [-0.4, -0.2) is 41.3 Å². The van der Waals surface area contributed by atoms with Gasteiger partial charge in [-0.15, -0.1) is 0 Å². The summed E-state index contributed by atoms with van der Waals surface area (Å²) >= 11 is 0. The average molecular weight is 819 g/mol. The lowest BCUT2D eigenvalue weighted by molar-refractivity contribution is -0.120. The van der Waals surface area contributed by atoms with E-state index in [4.69, 9.17) is 10.7 Å². The molecule has 0 saturated heterocycles. The molecule has 0 aliphatic carbocycles. The Hall–Kier alpha value is -5.06. The number of nitrogens with zero attached hydrogens (tertiary/aromatic N) is 5. The van der Waals surface area contributed by atoms with E-state index in [1.54, 1.807) is 18.8 Å². The molecule has 59 heavy (non-hydrogen) atoms. The Labute approximate surface area is 358 Å². The summed E-state index contributed by atoms with van der Waals surface area (Å²) in [7, 11) is 3.44. The number of primary amides is 1. The minimum Gasteiger partial charge on any atom is -0.364 e. The van der Waals surface area contributed by atoms with Gasteiger partial charge in [0.25, 0.3) is 11.5 Å². The van der Waals surface area contributed by atoms with Crippen molar-refractivity contribution in [3.63, 3.8) is 0 Å². The molecule has 0 spiro atoms. The number of anilines is 1. The van der Waals surface area contributed by atoms with Crippen LogP contribution >= 0.6 is 0 Å². The molecule has 0 aliphatic rings. The molecule has 2 amide bonds. The highest BCUT2D eigenvalue weighted by Crippen LogP contribution is 2.30. The fourth-order valence-electron chi connectivity index (χ4n) is 5.60. The second kappa shape index (κ2) is 30.9. The molecule has 0 radical (unpaired) electrons. The number of aromatic nitrogens is 6. The number of benzene rings is 2. The van der Waals surface area contributed by atoms with E-state index in [1.165, 1.54) is 4.68 Å². The van der Waals surface area contributed by atoms with Crippen LogP contribution in [0.25, 0.3) is 11.0 Å². The molecule has 0 bridgehead atoms. The van der Waals surface area contributed by atoms with Crippen molar-refractivity contribution in [2.75, 3.05) is 5.32 Å². The van der Waals surface area contributed by atoms with Crippen molar-refractivity contribution in [1.82, 2.24) is 29.5 Å². The standard InChI is InChI=1S/C18H24N4O2.C18H22N4O.6C2H6/c1-5-9-13-14(15(16(19)23)22(4)21-13)20-17(24)18(2,3)12-10-7-6-8-11-12;1-5-9-13-14-15(22(4)21-13)16(23)20-17(19-14)18(2,3)12-10-7-6-8-11-12;6*1-2/h6-8,10-11H,5,9H2,1-4H3,(H2,19,23)(H,20,24);6-8,10-11H,5,9H2,1-4H3,(H,19,20,23);6*1-2H3. The summed E-state index contributed by atoms with van der Waals surface area (Å²) in [6.07, 6.45) is 3.29. The molecule has 332 valence electrons. The summed E-state index contributed by atoms with van der Waals surface area (Å²) in [6, 6.07) is 19.6. The number of carbonyl (C=O) groups is 2. The van der Waals surface area contributed by atoms with Crippen molar-refractivity contribution in [3.05, 3.63) is 105 Å². The van der Waals surface area contributed by atoms with Crippen molar-refractivity contribution >= 4 is 28.5 Å². The summed E-state index contributed by atoms with van der Waals surface area (Å²) in [5, 5.41) is 11.7. The zero-order chi connectivity index (χ0) is 46.5. The number of rotatable bonds is 10. The van der Waals surface area contributed by atoms with Gasteiger partial charge in [-0.25, -0.2) is 4.98 Å². The molecule has 3 heterocycles. The lowest BCUT2D eigenvalue weighted by atomic mass is 9.83. The Kier molecular flexibility index (Phi) is 30.6. The second-order valence-corrected chi connectivity index (χ2v) is 12.8. The van der Waals surface area contributed by atoms with E-state index in [0.29, 0.717) is 29.1 Å². The largest absolute Gasteiger partial charge is 0.364 e. The minimum atomic E-state index is -0.754. The normalized spacial score (nSPS) is 9.90. The Morgan fingerprint density at radius 3 is 1.54 bits per heavy atom. The van der Waals surface area contributed by atoms with Gasteiger partial charge in [-0.1, -0.05) is 170 Å². The molecule has 11 heteroatoms. The molecule has 0 unspecified atom stereocenters. The van der Waals surface area contributed by atoms with Gasteiger partial charge in [0.05, 0.1) is 22.5 Å². The van der Waals surface area contributed by atoms with Crippen LogP contribution in [0.3, 0.4) is 0 Å². The molecule has 0 fully saturated rings. The summed E-state index contributed by atoms with van der Waals surface area (Å²) in [6.45, 7) is 35.9. The Morgan fingerprint density at radius 1 is 0.678 bits per heavy atom. The van der Waals surface area contributed by atoms with Crippen LogP contribution in [0, 0.1) is 0 Å². The number of amides is 2. The third-order valence-electron chi connectivity index (χ3n) is 8.48. The van der Waals surface area contributed by atoms with E-state index in [-0.39, 0.29) is 22.6 Å². The lowest BCUT2D eigenvalue weighted by Crippen LogP contribution is -2.35. The fraction of sp³-hybridized carbons (Fsp3) is 0.542. The highest BCUT2D eigenvalue weighted by molar-refractivity contribution is 6.05. The lowest BCUT2D eigenvalue weighted by Gasteiger charge is -2.24. The van der Waals surface area contributed by atoms with E-state index in [1.807, 2.05) is 152 Å². The van der Waals surface area contributed by atoms with Crippen molar-refractivity contribution in [3.8, 4) is 0 Å². The Morgan fingerprint density at radius 2 is 1.10 bits per heavy atom. The number of hydrogen-bond acceptors (Lipinski definition) is 6. The zero-order valence-electron chi connectivity index (χ0n) is 40.6. The summed E-state index contributed by atoms with van der Waals surface area (Å²) in [5.41, 5.74) is 9.67. The number of nitrogens with two attached hydrogens (primary N) is 1. The molecule has 5 rings (SSSR count). The van der Waals surface area contributed by atoms with Gasteiger partial charge in [0.15, 0.2) is 5.52 Å². The second-order valence-electron chi connectivity index (χ2n) is 12.8. The van der Waals surface area contributed by atoms with Crippen molar-refractivity contribution < 1.29 is 9.59 Å². The van der Waals surface area contributed by atoms with Crippen LogP contribution < -0.4 is 16.6 Å². The highest BCUT2D eigenvalue weighted by atomic mass is 16.2. The van der Waals surface area contributed by atoms with Gasteiger partial charge in [0.1, 0.15) is 17.0 Å². The molecule has 5 aromatic rings. The number of aromatic amines is 1. The van der Waals surface area contributed by atoms with Crippen LogP contribution in [-0.2, 0) is 42.6 Å². The minimum absolute atomic E-state index is 0.133. The van der Waals surface area contributed by atoms with Gasteiger partial charge in [0.2, 0.25) is 5.91 Å². The zero-order valence-corrected chi connectivity index (χ0v) is 40.6. The van der Waals surface area contributed by atoms with E-state index in [2.05, 4.69) is 53.4 Å². The van der Waals surface area contributed by atoms with Crippen LogP contribution in [0.4, 0.5) is 5.69 Å². The number of aryl methyl sites for hydroxylation is 4. The smallest absolute Gasteiger partial charge is 0.277 e. The number of nitrogens with one attached hydrogen (secondary N) is 2. The van der Waals surface area contributed by atoms with Gasteiger partial charge in [-0.05, 0) is 51.7 Å². The summed E-state index contributed by atoms with van der Waals surface area (Å²) in [5.74, 6) is -0.145. The van der Waals surface area contributed by atoms with E-state index in [9.17, 15) is 14.4 Å². The molecule has 3 aromatic heterocycles. The first-order valence-electron chi connectivity index (χ1n) is 22.0. The maximum atomic E-state index is 12.9. The van der Waals surface area contributed by atoms with E-state index in [0.717, 1.165) is 41.6 Å². The predicted octanol–water partition coefficient (Wildman–Crippen LogP) is 11.5. The van der Waals surface area contributed by atoms with Crippen molar-refractivity contribution in [2.45, 2.75) is 161 Å². The third kappa shape index (κ3) is 15.9. The first-order chi connectivity index (χ1) is 28.2. The summed E-state index contributed by atoms with van der Waals surface area (Å²) < 4.78 is 3.06. The van der Waals surface area contributed by atoms with Gasteiger partial charge in [-0.2, -0.15) is 10.2 Å². The quantitative estimate of drug-likeness (QED) is 0.127. The van der Waals surface area contributed by atoms with Gasteiger partial charge >= 0.3 is 0 Å². The maximum absolute atomic E-state index is 12.9. The maximum Gasteiger partial charge on any atom is 0.277 e. The molecular formula is C48H82N8O3. The van der Waals surface area contributed by atoms with Crippen molar-refractivity contribution in [2.24, 2.45) is 19.8 Å². The Balaban J connectivity index is -0.000000848. The molecule has 2 aromatic carbocycles. The van der Waals surface area contributed by atoms with E-state index < -0.39 is 11.3 Å². The van der Waals surface area contributed by atoms with Gasteiger partial charge < -0.3 is 16.0 Å². The highest BCUT2D eigenvalue weighted by Gasteiger charge is 2.32. The van der Waals surface area contributed by atoms with E-state index >= 15 is 0 Å². The first kappa shape index (κ1) is 58.3. The van der Waals surface area contributed by atoms with Crippen LogP contribution in [0.15, 0.2) is 65.5 Å². The van der Waals surface area contributed by atoms with Crippen molar-refractivity contribution in [1.29, 1.82) is 0 Å².